The summed E-state index contributed by atoms with van der Waals surface area (Å²) in [5, 5.41) is 1.17. The van der Waals surface area contributed by atoms with Gasteiger partial charge in [0.15, 0.2) is 0 Å². The summed E-state index contributed by atoms with van der Waals surface area (Å²) in [6, 6.07) is 3.56. The fourth-order valence-corrected chi connectivity index (χ4v) is 1.93. The Labute approximate surface area is 101 Å². The lowest BCUT2D eigenvalue weighted by molar-refractivity contribution is -0.137. The van der Waals surface area contributed by atoms with Crippen molar-refractivity contribution in [3.63, 3.8) is 0 Å². The van der Waals surface area contributed by atoms with Crippen molar-refractivity contribution in [1.82, 2.24) is 4.98 Å². The SMILES string of the molecule is CCc1cnc(Cl)c2cc(C(F)(F)F)ccc12. The van der Waals surface area contributed by atoms with Crippen molar-refractivity contribution in [3.05, 3.63) is 40.7 Å². The van der Waals surface area contributed by atoms with Gasteiger partial charge in [0.05, 0.1) is 5.56 Å². The quantitative estimate of drug-likeness (QED) is 0.689. The molecule has 1 heterocycles. The van der Waals surface area contributed by atoms with Crippen molar-refractivity contribution in [2.75, 3.05) is 0 Å². The van der Waals surface area contributed by atoms with Gasteiger partial charge >= 0.3 is 6.18 Å². The van der Waals surface area contributed by atoms with Gasteiger partial charge < -0.3 is 0 Å². The predicted molar refractivity (Wildman–Crippen MR) is 61.1 cm³/mol. The van der Waals surface area contributed by atoms with Crippen LogP contribution in [0.5, 0.6) is 0 Å². The lowest BCUT2D eigenvalue weighted by Gasteiger charge is -2.10. The molecule has 0 unspecified atom stereocenters. The third-order valence-corrected chi connectivity index (χ3v) is 2.93. The van der Waals surface area contributed by atoms with E-state index >= 15 is 0 Å². The van der Waals surface area contributed by atoms with Crippen LogP contribution in [0.1, 0.15) is 18.1 Å². The van der Waals surface area contributed by atoms with Gasteiger partial charge in [0.2, 0.25) is 0 Å². The Balaban J connectivity index is 2.73. The maximum atomic E-state index is 12.6. The molecule has 0 N–H and O–H groups in total. The zero-order valence-electron chi connectivity index (χ0n) is 8.98. The lowest BCUT2D eigenvalue weighted by atomic mass is 10.0. The molecule has 0 amide bonds. The highest BCUT2D eigenvalue weighted by Crippen LogP contribution is 2.34. The molecule has 2 rings (SSSR count). The molecule has 0 aliphatic rings. The second-order valence-corrected chi connectivity index (χ2v) is 4.04. The number of halogens is 4. The van der Waals surface area contributed by atoms with E-state index in [1.165, 1.54) is 6.07 Å². The smallest absolute Gasteiger partial charge is 0.244 e. The molecule has 0 saturated heterocycles. The minimum Gasteiger partial charge on any atom is -0.244 e. The molecule has 17 heavy (non-hydrogen) atoms. The molecule has 2 aromatic rings. The Morgan fingerprint density at radius 3 is 2.53 bits per heavy atom. The maximum absolute atomic E-state index is 12.6. The molecule has 90 valence electrons. The standard InChI is InChI=1S/C12H9ClF3N/c1-2-7-6-17-11(13)10-5-8(12(14,15)16)3-4-9(7)10/h3-6H,2H2,1H3. The van der Waals surface area contributed by atoms with Crippen LogP contribution in [0.2, 0.25) is 5.15 Å². The molecule has 0 atom stereocenters. The number of fused-ring (bicyclic) bond motifs is 1. The van der Waals surface area contributed by atoms with Gasteiger partial charge in [-0.3, -0.25) is 0 Å². The van der Waals surface area contributed by atoms with Crippen LogP contribution in [0.4, 0.5) is 13.2 Å². The number of aryl methyl sites for hydroxylation is 1. The molecule has 5 heteroatoms. The lowest BCUT2D eigenvalue weighted by Crippen LogP contribution is -2.04. The van der Waals surface area contributed by atoms with Gasteiger partial charge in [0.1, 0.15) is 5.15 Å². The number of hydrogen-bond donors (Lipinski definition) is 0. The van der Waals surface area contributed by atoms with Gasteiger partial charge in [-0.1, -0.05) is 24.6 Å². The van der Waals surface area contributed by atoms with E-state index < -0.39 is 11.7 Å². The van der Waals surface area contributed by atoms with E-state index in [1.807, 2.05) is 6.92 Å². The number of hydrogen-bond acceptors (Lipinski definition) is 1. The number of pyridine rings is 1. The molecule has 0 aliphatic heterocycles. The van der Waals surface area contributed by atoms with Gasteiger partial charge in [-0.25, -0.2) is 4.98 Å². The number of alkyl halides is 3. The van der Waals surface area contributed by atoms with Gasteiger partial charge in [-0.05, 0) is 29.5 Å². The highest BCUT2D eigenvalue weighted by Gasteiger charge is 2.30. The van der Waals surface area contributed by atoms with E-state index in [-0.39, 0.29) is 5.15 Å². The molecule has 0 bridgehead atoms. The molecular formula is C12H9ClF3N. The fourth-order valence-electron chi connectivity index (χ4n) is 1.73. The molecule has 1 aromatic carbocycles. The zero-order chi connectivity index (χ0) is 12.6. The van der Waals surface area contributed by atoms with Crippen LogP contribution in [-0.2, 0) is 12.6 Å². The highest BCUT2D eigenvalue weighted by molar-refractivity contribution is 6.34. The molecule has 1 aromatic heterocycles. The average molecular weight is 260 g/mol. The van der Waals surface area contributed by atoms with Crippen molar-refractivity contribution in [1.29, 1.82) is 0 Å². The number of benzene rings is 1. The van der Waals surface area contributed by atoms with Crippen molar-refractivity contribution < 1.29 is 13.2 Å². The van der Waals surface area contributed by atoms with Crippen LogP contribution in [0.25, 0.3) is 10.8 Å². The van der Waals surface area contributed by atoms with Crippen LogP contribution in [0, 0.1) is 0 Å². The van der Waals surface area contributed by atoms with Crippen molar-refractivity contribution >= 4 is 22.4 Å². The second-order valence-electron chi connectivity index (χ2n) is 3.69. The van der Waals surface area contributed by atoms with E-state index in [4.69, 9.17) is 11.6 Å². The Morgan fingerprint density at radius 2 is 1.94 bits per heavy atom. The molecule has 0 aliphatic carbocycles. The first-order valence-corrected chi connectivity index (χ1v) is 5.45. The third-order valence-electron chi connectivity index (χ3n) is 2.63. The minimum atomic E-state index is -4.36. The van der Waals surface area contributed by atoms with Crippen molar-refractivity contribution in [2.24, 2.45) is 0 Å². The minimum absolute atomic E-state index is 0.100. The first kappa shape index (κ1) is 12.2. The predicted octanol–water partition coefficient (Wildman–Crippen LogP) is 4.47. The maximum Gasteiger partial charge on any atom is 0.416 e. The van der Waals surface area contributed by atoms with Crippen LogP contribution in [0.3, 0.4) is 0 Å². The first-order valence-electron chi connectivity index (χ1n) is 5.08. The zero-order valence-corrected chi connectivity index (χ0v) is 9.73. The topological polar surface area (TPSA) is 12.9 Å². The molecule has 0 saturated carbocycles. The van der Waals surface area contributed by atoms with Gasteiger partial charge in [0.25, 0.3) is 0 Å². The Kier molecular flexibility index (Phi) is 3.00. The summed E-state index contributed by atoms with van der Waals surface area (Å²) in [5.74, 6) is 0. The Morgan fingerprint density at radius 1 is 1.24 bits per heavy atom. The Hall–Kier alpha value is -1.29. The van der Waals surface area contributed by atoms with E-state index in [9.17, 15) is 13.2 Å². The normalized spacial score (nSPS) is 12.1. The fraction of sp³-hybridized carbons (Fsp3) is 0.250. The summed E-state index contributed by atoms with van der Waals surface area (Å²) in [5.41, 5.74) is 0.181. The highest BCUT2D eigenvalue weighted by atomic mass is 35.5. The average Bonchev–Trinajstić information content (AvgIpc) is 2.28. The van der Waals surface area contributed by atoms with E-state index in [2.05, 4.69) is 4.98 Å². The molecule has 1 nitrogen and oxygen atoms in total. The summed E-state index contributed by atoms with van der Waals surface area (Å²) in [6.45, 7) is 1.92. The number of rotatable bonds is 1. The molecule has 0 fully saturated rings. The van der Waals surface area contributed by atoms with Crippen LogP contribution in [0.15, 0.2) is 24.4 Å². The van der Waals surface area contributed by atoms with Gasteiger partial charge in [0, 0.05) is 11.6 Å². The van der Waals surface area contributed by atoms with Crippen molar-refractivity contribution in [2.45, 2.75) is 19.5 Å². The number of nitrogens with zero attached hydrogens (tertiary/aromatic N) is 1. The van der Waals surface area contributed by atoms with E-state index in [0.717, 1.165) is 23.1 Å². The summed E-state index contributed by atoms with van der Waals surface area (Å²) >= 11 is 5.83. The van der Waals surface area contributed by atoms with Gasteiger partial charge in [-0.15, -0.1) is 0 Å². The molecule has 0 spiro atoms. The summed E-state index contributed by atoms with van der Waals surface area (Å²) in [4.78, 5) is 3.90. The third kappa shape index (κ3) is 2.22. The van der Waals surface area contributed by atoms with E-state index in [1.54, 1.807) is 6.20 Å². The van der Waals surface area contributed by atoms with E-state index in [0.29, 0.717) is 11.8 Å². The second kappa shape index (κ2) is 4.18. The van der Waals surface area contributed by atoms with Crippen LogP contribution >= 0.6 is 11.6 Å². The molecule has 0 radical (unpaired) electrons. The van der Waals surface area contributed by atoms with Crippen LogP contribution in [-0.4, -0.2) is 4.98 Å². The number of aromatic nitrogens is 1. The van der Waals surface area contributed by atoms with Crippen LogP contribution < -0.4 is 0 Å². The molecular weight excluding hydrogens is 251 g/mol. The van der Waals surface area contributed by atoms with Crippen molar-refractivity contribution in [3.8, 4) is 0 Å². The first-order chi connectivity index (χ1) is 7.93. The summed E-state index contributed by atoms with van der Waals surface area (Å²) in [7, 11) is 0. The summed E-state index contributed by atoms with van der Waals surface area (Å²) < 4.78 is 37.7. The largest absolute Gasteiger partial charge is 0.416 e. The Bertz CT molecular complexity index is 563. The van der Waals surface area contributed by atoms with Gasteiger partial charge in [-0.2, -0.15) is 13.2 Å². The monoisotopic (exact) mass is 259 g/mol. The summed E-state index contributed by atoms with van der Waals surface area (Å²) in [6.07, 6.45) is -2.07.